The van der Waals surface area contributed by atoms with E-state index >= 15 is 0 Å². The number of rotatable bonds is 2. The summed E-state index contributed by atoms with van der Waals surface area (Å²) in [5.41, 5.74) is 0. The van der Waals surface area contributed by atoms with Crippen LogP contribution in [0.15, 0.2) is 24.0 Å². The van der Waals surface area contributed by atoms with Gasteiger partial charge in [0.15, 0.2) is 0 Å². The quantitative estimate of drug-likeness (QED) is 0.548. The van der Waals surface area contributed by atoms with Crippen molar-refractivity contribution in [1.29, 1.82) is 0 Å². The second-order valence-electron chi connectivity index (χ2n) is 2.03. The molecule has 0 aromatic heterocycles. The van der Waals surface area contributed by atoms with E-state index in [4.69, 9.17) is 4.74 Å². The van der Waals surface area contributed by atoms with E-state index in [-0.39, 0.29) is 0 Å². The lowest BCUT2D eigenvalue weighted by molar-refractivity contribution is 0.218. The monoisotopic (exact) mass is 124 g/mol. The molecule has 9 heavy (non-hydrogen) atoms. The van der Waals surface area contributed by atoms with E-state index in [1.165, 1.54) is 0 Å². The first-order valence-electron chi connectivity index (χ1n) is 3.42. The highest BCUT2D eigenvalue weighted by molar-refractivity contribution is 5.12. The van der Waals surface area contributed by atoms with Gasteiger partial charge in [0.2, 0.25) is 0 Å². The van der Waals surface area contributed by atoms with Crippen molar-refractivity contribution in [3.63, 3.8) is 0 Å². The van der Waals surface area contributed by atoms with E-state index in [0.29, 0.717) is 0 Å². The molecule has 0 unspecified atom stereocenters. The molecule has 0 atom stereocenters. The molecule has 1 heteroatoms. The minimum atomic E-state index is 0.791. The van der Waals surface area contributed by atoms with Gasteiger partial charge in [-0.05, 0) is 19.4 Å². The fourth-order valence-electron chi connectivity index (χ4n) is 0.886. The van der Waals surface area contributed by atoms with Gasteiger partial charge in [0.1, 0.15) is 0 Å². The Balaban J connectivity index is 2.38. The predicted molar refractivity (Wildman–Crippen MR) is 38.1 cm³/mol. The zero-order valence-corrected chi connectivity index (χ0v) is 5.76. The van der Waals surface area contributed by atoms with Gasteiger partial charge in [0.25, 0.3) is 0 Å². The van der Waals surface area contributed by atoms with Crippen LogP contribution in [-0.4, -0.2) is 6.61 Å². The number of allylic oxidation sites excluding steroid dienone is 4. The lowest BCUT2D eigenvalue weighted by atomic mass is 10.2. The summed E-state index contributed by atoms with van der Waals surface area (Å²) in [5.74, 6) is 1.13. The average Bonchev–Trinajstić information content (AvgIpc) is 1.91. The molecule has 0 aromatic carbocycles. The highest BCUT2D eigenvalue weighted by Gasteiger charge is 1.96. The molecule has 0 N–H and O–H groups in total. The molecule has 50 valence electrons. The smallest absolute Gasteiger partial charge is 0.0962 e. The summed E-state index contributed by atoms with van der Waals surface area (Å²) in [4.78, 5) is 0. The van der Waals surface area contributed by atoms with E-state index in [1.54, 1.807) is 0 Å². The standard InChI is InChI=1S/C8H12O/c1-2-9-8-6-4-3-5-7-8/h3-4,6H,2,5,7H2,1H3. The van der Waals surface area contributed by atoms with Gasteiger partial charge in [0, 0.05) is 6.42 Å². The minimum Gasteiger partial charge on any atom is -0.498 e. The van der Waals surface area contributed by atoms with Crippen molar-refractivity contribution >= 4 is 0 Å². The Hall–Kier alpha value is -0.720. The van der Waals surface area contributed by atoms with Crippen molar-refractivity contribution in [3.05, 3.63) is 24.0 Å². The van der Waals surface area contributed by atoms with E-state index < -0.39 is 0 Å². The van der Waals surface area contributed by atoms with Gasteiger partial charge in [0.05, 0.1) is 12.4 Å². The van der Waals surface area contributed by atoms with Crippen molar-refractivity contribution in [2.75, 3.05) is 6.61 Å². The normalized spacial score (nSPS) is 17.2. The summed E-state index contributed by atoms with van der Waals surface area (Å²) in [6, 6.07) is 0. The van der Waals surface area contributed by atoms with Crippen LogP contribution in [0.25, 0.3) is 0 Å². The molecule has 0 saturated heterocycles. The Bertz CT molecular complexity index is 134. The van der Waals surface area contributed by atoms with Crippen molar-refractivity contribution in [2.24, 2.45) is 0 Å². The number of hydrogen-bond acceptors (Lipinski definition) is 1. The first-order valence-corrected chi connectivity index (χ1v) is 3.42. The maximum absolute atomic E-state index is 5.29. The molecule has 0 amide bonds. The summed E-state index contributed by atoms with van der Waals surface area (Å²) in [6.45, 7) is 2.80. The van der Waals surface area contributed by atoms with Crippen LogP contribution >= 0.6 is 0 Å². The largest absolute Gasteiger partial charge is 0.498 e. The Morgan fingerprint density at radius 3 is 3.11 bits per heavy atom. The first-order chi connectivity index (χ1) is 4.43. The van der Waals surface area contributed by atoms with Crippen molar-refractivity contribution in [1.82, 2.24) is 0 Å². The molecule has 0 aliphatic heterocycles. The first kappa shape index (κ1) is 6.40. The van der Waals surface area contributed by atoms with E-state index in [2.05, 4.69) is 12.2 Å². The third-order valence-corrected chi connectivity index (χ3v) is 1.31. The van der Waals surface area contributed by atoms with Crippen LogP contribution in [0.3, 0.4) is 0 Å². The van der Waals surface area contributed by atoms with E-state index in [9.17, 15) is 0 Å². The topological polar surface area (TPSA) is 9.23 Å². The molecule has 0 bridgehead atoms. The maximum Gasteiger partial charge on any atom is 0.0962 e. The molecule has 0 fully saturated rings. The van der Waals surface area contributed by atoms with Crippen molar-refractivity contribution < 1.29 is 4.74 Å². The summed E-state index contributed by atoms with van der Waals surface area (Å²) in [6.07, 6.45) is 8.44. The molecule has 1 nitrogen and oxygen atoms in total. The average molecular weight is 124 g/mol. The van der Waals surface area contributed by atoms with E-state index in [0.717, 1.165) is 25.2 Å². The second-order valence-corrected chi connectivity index (χ2v) is 2.03. The summed E-state index contributed by atoms with van der Waals surface area (Å²) in [7, 11) is 0. The molecular weight excluding hydrogens is 112 g/mol. The number of hydrogen-bond donors (Lipinski definition) is 0. The molecule has 1 aliphatic carbocycles. The molecule has 0 heterocycles. The Morgan fingerprint density at radius 2 is 2.56 bits per heavy atom. The van der Waals surface area contributed by atoms with Gasteiger partial charge in [-0.1, -0.05) is 12.2 Å². The van der Waals surface area contributed by atoms with Crippen LogP contribution in [0.2, 0.25) is 0 Å². The molecule has 0 aromatic rings. The summed E-state index contributed by atoms with van der Waals surface area (Å²) in [5, 5.41) is 0. The molecule has 1 rings (SSSR count). The fourth-order valence-corrected chi connectivity index (χ4v) is 0.886. The highest BCUT2D eigenvalue weighted by atomic mass is 16.5. The van der Waals surface area contributed by atoms with Crippen LogP contribution in [-0.2, 0) is 4.74 Å². The minimum absolute atomic E-state index is 0.791. The highest BCUT2D eigenvalue weighted by Crippen LogP contribution is 2.11. The van der Waals surface area contributed by atoms with Crippen LogP contribution < -0.4 is 0 Å². The van der Waals surface area contributed by atoms with Crippen molar-refractivity contribution in [3.8, 4) is 0 Å². The van der Waals surface area contributed by atoms with Gasteiger partial charge >= 0.3 is 0 Å². The van der Waals surface area contributed by atoms with Gasteiger partial charge in [-0.2, -0.15) is 0 Å². The third kappa shape index (κ3) is 1.92. The van der Waals surface area contributed by atoms with Crippen molar-refractivity contribution in [2.45, 2.75) is 19.8 Å². The third-order valence-electron chi connectivity index (χ3n) is 1.31. The molecular formula is C8H12O. The van der Waals surface area contributed by atoms with Gasteiger partial charge in [-0.3, -0.25) is 0 Å². The lowest BCUT2D eigenvalue weighted by Gasteiger charge is -2.08. The summed E-state index contributed by atoms with van der Waals surface area (Å²) >= 11 is 0. The van der Waals surface area contributed by atoms with Crippen LogP contribution in [0.1, 0.15) is 19.8 Å². The maximum atomic E-state index is 5.29. The zero-order chi connectivity index (χ0) is 6.53. The number of ether oxygens (including phenoxy) is 1. The van der Waals surface area contributed by atoms with Crippen LogP contribution in [0, 0.1) is 0 Å². The van der Waals surface area contributed by atoms with E-state index in [1.807, 2.05) is 13.0 Å². The Kier molecular flexibility index (Phi) is 2.37. The molecule has 0 radical (unpaired) electrons. The molecule has 0 spiro atoms. The summed E-state index contributed by atoms with van der Waals surface area (Å²) < 4.78 is 5.29. The van der Waals surface area contributed by atoms with Crippen LogP contribution in [0.4, 0.5) is 0 Å². The molecule has 0 saturated carbocycles. The fraction of sp³-hybridized carbons (Fsp3) is 0.500. The van der Waals surface area contributed by atoms with Gasteiger partial charge in [-0.25, -0.2) is 0 Å². The zero-order valence-electron chi connectivity index (χ0n) is 5.76. The van der Waals surface area contributed by atoms with Gasteiger partial charge < -0.3 is 4.74 Å². The Labute approximate surface area is 56.0 Å². The SMILES string of the molecule is CCOC1=CC=CCC1. The Morgan fingerprint density at radius 1 is 1.67 bits per heavy atom. The second kappa shape index (κ2) is 3.33. The molecule has 1 aliphatic rings. The lowest BCUT2D eigenvalue weighted by Crippen LogP contribution is -1.92. The predicted octanol–water partition coefficient (Wildman–Crippen LogP) is 2.26. The van der Waals surface area contributed by atoms with Crippen LogP contribution in [0.5, 0.6) is 0 Å². The van der Waals surface area contributed by atoms with Gasteiger partial charge in [-0.15, -0.1) is 0 Å².